The molecule has 0 unspecified atom stereocenters. The molecule has 0 spiro atoms. The van der Waals surface area contributed by atoms with Gasteiger partial charge in [-0.15, -0.1) is 18.2 Å². The molecule has 1 N–H and O–H groups in total. The van der Waals surface area contributed by atoms with Crippen LogP contribution in [0.1, 0.15) is 78.7 Å². The second-order valence-electron chi connectivity index (χ2n) is 11.0. The average Bonchev–Trinajstić information content (AvgIpc) is 3.37. The summed E-state index contributed by atoms with van der Waals surface area (Å²) < 4.78 is 6.18. The molecule has 0 bridgehead atoms. The molecule has 0 aliphatic rings. The molecule has 4 nitrogen and oxygen atoms in total. The Labute approximate surface area is 263 Å². The van der Waals surface area contributed by atoms with Crippen LogP contribution in [0.4, 0.5) is 0 Å². The van der Waals surface area contributed by atoms with Crippen LogP contribution in [0, 0.1) is 17.9 Å². The van der Waals surface area contributed by atoms with E-state index < -0.39 is 0 Å². The molecule has 0 amide bonds. The molecule has 3 aromatic carbocycles. The number of hydrogen-bond donors (Lipinski definition) is 1. The number of rotatable bonds is 9. The van der Waals surface area contributed by atoms with Crippen LogP contribution < -0.4 is 0 Å². The van der Waals surface area contributed by atoms with Gasteiger partial charge in [-0.2, -0.15) is 0 Å². The molecule has 0 saturated heterocycles. The van der Waals surface area contributed by atoms with Crippen molar-refractivity contribution in [1.82, 2.24) is 4.98 Å². The van der Waals surface area contributed by atoms with E-state index in [9.17, 15) is 9.90 Å². The van der Waals surface area contributed by atoms with Gasteiger partial charge in [0.05, 0.1) is 11.3 Å². The van der Waals surface area contributed by atoms with Gasteiger partial charge in [0.1, 0.15) is 5.58 Å². The Kier molecular flexibility index (Phi) is 12.1. The summed E-state index contributed by atoms with van der Waals surface area (Å²) in [5.41, 5.74) is 4.91. The van der Waals surface area contributed by atoms with Crippen molar-refractivity contribution >= 4 is 38.5 Å². The average molecular weight is 741 g/mol. The van der Waals surface area contributed by atoms with Gasteiger partial charge < -0.3 is 14.5 Å². The predicted molar refractivity (Wildman–Crippen MR) is 171 cm³/mol. The zero-order valence-corrected chi connectivity index (χ0v) is 27.9. The Morgan fingerprint density at radius 2 is 1.60 bits per heavy atom. The molecule has 0 aliphatic heterocycles. The van der Waals surface area contributed by atoms with E-state index in [0.717, 1.165) is 64.3 Å². The van der Waals surface area contributed by atoms with Gasteiger partial charge in [0.2, 0.25) is 0 Å². The number of hydrogen-bond acceptors (Lipinski definition) is 4. The fourth-order valence-electron chi connectivity index (χ4n) is 5.40. The molecule has 0 atom stereocenters. The van der Waals surface area contributed by atoms with Crippen LogP contribution in [0.2, 0.25) is 0 Å². The second-order valence-corrected chi connectivity index (χ2v) is 11.0. The fraction of sp³-hybridized carbons (Fsp3) is 0.351. The number of nitrogens with zero attached hydrogens (tertiary/aromatic N) is 1. The molecule has 5 heteroatoms. The number of fused-ring (bicyclic) bond motifs is 4. The number of aliphatic hydroxyl groups excluding tert-OH is 1. The minimum absolute atomic E-state index is 0. The minimum atomic E-state index is 0. The molecule has 2 aromatic heterocycles. The van der Waals surface area contributed by atoms with Crippen LogP contribution in [-0.4, -0.2) is 15.9 Å². The molecular formula is C37H42IrNO3-. The van der Waals surface area contributed by atoms with Crippen LogP contribution in [0.15, 0.2) is 83.1 Å². The third kappa shape index (κ3) is 7.19. The Balaban J connectivity index is 0.000000263. The number of aliphatic hydroxyl groups is 1. The van der Waals surface area contributed by atoms with Crippen molar-refractivity contribution in [2.45, 2.75) is 73.1 Å². The summed E-state index contributed by atoms with van der Waals surface area (Å²) in [7, 11) is 0. The number of furan rings is 1. The first-order valence-corrected chi connectivity index (χ1v) is 15.0. The third-order valence-corrected chi connectivity index (χ3v) is 8.11. The van der Waals surface area contributed by atoms with Gasteiger partial charge in [-0.1, -0.05) is 88.9 Å². The van der Waals surface area contributed by atoms with Gasteiger partial charge in [0, 0.05) is 49.6 Å². The summed E-state index contributed by atoms with van der Waals surface area (Å²) in [5, 5.41) is 14.3. The van der Waals surface area contributed by atoms with Gasteiger partial charge in [0.25, 0.3) is 0 Å². The van der Waals surface area contributed by atoms with Crippen LogP contribution in [-0.2, 0) is 24.9 Å². The van der Waals surface area contributed by atoms with Crippen molar-refractivity contribution in [2.24, 2.45) is 11.8 Å². The van der Waals surface area contributed by atoms with Crippen molar-refractivity contribution in [3.05, 3.63) is 90.3 Å². The Hall–Kier alpha value is -3.27. The molecule has 0 aliphatic carbocycles. The molecule has 0 saturated carbocycles. The van der Waals surface area contributed by atoms with Crippen molar-refractivity contribution in [3.8, 4) is 11.3 Å². The topological polar surface area (TPSA) is 63.3 Å². The minimum Gasteiger partial charge on any atom is -0.512 e. The monoisotopic (exact) mass is 741 g/mol. The number of para-hydroxylation sites is 1. The van der Waals surface area contributed by atoms with Crippen LogP contribution >= 0.6 is 0 Å². The van der Waals surface area contributed by atoms with Gasteiger partial charge >= 0.3 is 0 Å². The van der Waals surface area contributed by atoms with E-state index in [0.29, 0.717) is 5.92 Å². The summed E-state index contributed by atoms with van der Waals surface area (Å²) >= 11 is 0. The fourth-order valence-corrected chi connectivity index (χ4v) is 5.40. The molecule has 223 valence electrons. The number of allylic oxidation sites excluding steroid dienone is 2. The smallest absolute Gasteiger partial charge is 0.162 e. The summed E-state index contributed by atoms with van der Waals surface area (Å²) in [6.07, 6.45) is 6.78. The Bertz CT molecular complexity index is 1660. The third-order valence-electron chi connectivity index (χ3n) is 8.11. The largest absolute Gasteiger partial charge is 0.512 e. The quantitative estimate of drug-likeness (QED) is 0.0929. The summed E-state index contributed by atoms with van der Waals surface area (Å²) in [4.78, 5) is 16.4. The normalized spacial score (nSPS) is 11.8. The van der Waals surface area contributed by atoms with E-state index in [1.54, 1.807) is 0 Å². The van der Waals surface area contributed by atoms with Crippen LogP contribution in [0.5, 0.6) is 0 Å². The maximum Gasteiger partial charge on any atom is 0.162 e. The van der Waals surface area contributed by atoms with Crippen molar-refractivity contribution in [3.63, 3.8) is 0 Å². The van der Waals surface area contributed by atoms with E-state index in [1.165, 1.54) is 17.0 Å². The van der Waals surface area contributed by atoms with Gasteiger partial charge in [0.15, 0.2) is 5.78 Å². The zero-order valence-electron chi connectivity index (χ0n) is 25.5. The molecule has 2 heterocycles. The van der Waals surface area contributed by atoms with Crippen molar-refractivity contribution in [1.29, 1.82) is 0 Å². The van der Waals surface area contributed by atoms with E-state index in [-0.39, 0.29) is 43.5 Å². The molecule has 1 radical (unpaired) electrons. The SMILES string of the molecule is CC(C)c1ccc2c(-c3[c-]ccc4c3oc3ccccc34)nccc2c1.CCC(CC)C(=O)/C=C(\O)C(CC)CC.[Ir]. The maximum atomic E-state index is 11.7. The van der Waals surface area contributed by atoms with Gasteiger partial charge in [-0.25, -0.2) is 0 Å². The number of carbonyl (C=O) groups excluding carboxylic acids is 1. The number of carbonyl (C=O) groups is 1. The molecule has 5 rings (SSSR count). The molecule has 0 fully saturated rings. The number of ketones is 1. The first-order valence-electron chi connectivity index (χ1n) is 15.0. The van der Waals surface area contributed by atoms with Crippen molar-refractivity contribution in [2.75, 3.05) is 0 Å². The number of pyridine rings is 1. The van der Waals surface area contributed by atoms with Crippen molar-refractivity contribution < 1.29 is 34.4 Å². The zero-order chi connectivity index (χ0) is 29.5. The first kappa shape index (κ1) is 33.2. The van der Waals surface area contributed by atoms with E-state index >= 15 is 0 Å². The standard InChI is InChI=1S/C24H18NO.C13H24O2.Ir/c1-15(2)16-10-11-18-17(14-16)12-13-25-23(18)21-8-5-7-20-19-6-3-4-9-22(19)26-24(20)21;1-5-10(6-2)12(14)9-13(15)11(7-3)8-4;/h3-7,9-15H,1-2H3;9-11,14H,5-8H2,1-4H3;/q-1;;/b;12-9-;. The maximum absolute atomic E-state index is 11.7. The Morgan fingerprint density at radius 1 is 0.905 bits per heavy atom. The van der Waals surface area contributed by atoms with E-state index in [4.69, 9.17) is 4.42 Å². The first-order chi connectivity index (χ1) is 19.8. The number of benzene rings is 3. The van der Waals surface area contributed by atoms with Crippen LogP contribution in [0.3, 0.4) is 0 Å². The summed E-state index contributed by atoms with van der Waals surface area (Å²) in [5.74, 6) is 1.05. The Morgan fingerprint density at radius 3 is 2.26 bits per heavy atom. The molecule has 42 heavy (non-hydrogen) atoms. The number of aromatic nitrogens is 1. The van der Waals surface area contributed by atoms with E-state index in [2.05, 4.69) is 61.3 Å². The van der Waals surface area contributed by atoms with Crippen LogP contribution in [0.25, 0.3) is 44.0 Å². The van der Waals surface area contributed by atoms with E-state index in [1.807, 2.05) is 58.2 Å². The molecular weight excluding hydrogens is 699 g/mol. The predicted octanol–water partition coefficient (Wildman–Crippen LogP) is 10.6. The second kappa shape index (κ2) is 15.3. The summed E-state index contributed by atoms with van der Waals surface area (Å²) in [6, 6.07) is 24.2. The van der Waals surface area contributed by atoms with Gasteiger partial charge in [-0.05, 0) is 65.8 Å². The molecule has 5 aromatic rings. The summed E-state index contributed by atoms with van der Waals surface area (Å²) in [6.45, 7) is 12.5. The van der Waals surface area contributed by atoms with Gasteiger partial charge in [-0.3, -0.25) is 4.79 Å².